The molecule has 0 aromatic heterocycles. The molecule has 0 bridgehead atoms. The van der Waals surface area contributed by atoms with Crippen molar-refractivity contribution in [1.29, 1.82) is 0 Å². The third kappa shape index (κ3) is 4.14. The topological polar surface area (TPSA) is 58.6 Å². The normalized spacial score (nSPS) is 15.9. The standard InChI is InChI=1S/C15H20N2O3S/c1-11(12-5-3-4-6-13(12)20-2)16-14(18)7-8-17-9-10-21-15(17)19/h3-6,11H,7-10H2,1-2H3,(H,16,18). The van der Waals surface area contributed by atoms with Crippen molar-refractivity contribution in [1.82, 2.24) is 10.2 Å². The van der Waals surface area contributed by atoms with Gasteiger partial charge in [-0.15, -0.1) is 0 Å². The van der Waals surface area contributed by atoms with Crippen LogP contribution in [-0.2, 0) is 4.79 Å². The maximum Gasteiger partial charge on any atom is 0.281 e. The van der Waals surface area contributed by atoms with Crippen LogP contribution in [0.15, 0.2) is 24.3 Å². The Morgan fingerprint density at radius 3 is 2.90 bits per heavy atom. The number of rotatable bonds is 6. The number of thioether (sulfide) groups is 1. The van der Waals surface area contributed by atoms with Crippen LogP contribution in [0.4, 0.5) is 4.79 Å². The van der Waals surface area contributed by atoms with Crippen LogP contribution in [0.1, 0.15) is 24.9 Å². The summed E-state index contributed by atoms with van der Waals surface area (Å²) in [6.45, 7) is 3.14. The van der Waals surface area contributed by atoms with E-state index in [-0.39, 0.29) is 17.2 Å². The molecular weight excluding hydrogens is 288 g/mol. The van der Waals surface area contributed by atoms with E-state index in [0.29, 0.717) is 13.0 Å². The van der Waals surface area contributed by atoms with Crippen LogP contribution in [0.5, 0.6) is 5.75 Å². The van der Waals surface area contributed by atoms with E-state index in [2.05, 4.69) is 5.32 Å². The molecule has 1 aromatic rings. The fraction of sp³-hybridized carbons (Fsp3) is 0.467. The van der Waals surface area contributed by atoms with Crippen LogP contribution in [0.2, 0.25) is 0 Å². The Bertz CT molecular complexity index is 521. The van der Waals surface area contributed by atoms with Crippen molar-refractivity contribution in [3.05, 3.63) is 29.8 Å². The minimum atomic E-state index is -0.127. The van der Waals surface area contributed by atoms with Crippen molar-refractivity contribution in [2.75, 3.05) is 26.0 Å². The van der Waals surface area contributed by atoms with Crippen LogP contribution in [0.3, 0.4) is 0 Å². The Balaban J connectivity index is 1.85. The molecule has 0 aliphatic carbocycles. The summed E-state index contributed by atoms with van der Waals surface area (Å²) in [5.74, 6) is 1.52. The van der Waals surface area contributed by atoms with Gasteiger partial charge in [0.05, 0.1) is 13.2 Å². The van der Waals surface area contributed by atoms with E-state index < -0.39 is 0 Å². The number of carbonyl (C=O) groups is 2. The van der Waals surface area contributed by atoms with Gasteiger partial charge in [0.2, 0.25) is 5.91 Å². The summed E-state index contributed by atoms with van der Waals surface area (Å²) in [6.07, 6.45) is 0.325. The second-order valence-electron chi connectivity index (χ2n) is 4.88. The largest absolute Gasteiger partial charge is 0.496 e. The molecule has 1 unspecified atom stereocenters. The third-order valence-electron chi connectivity index (χ3n) is 3.44. The Hall–Kier alpha value is -1.69. The Morgan fingerprint density at radius 1 is 1.48 bits per heavy atom. The van der Waals surface area contributed by atoms with Gasteiger partial charge in [0, 0.05) is 30.8 Å². The molecule has 1 aromatic carbocycles. The molecule has 114 valence electrons. The smallest absolute Gasteiger partial charge is 0.281 e. The minimum absolute atomic E-state index is 0.0573. The molecule has 1 N–H and O–H groups in total. The minimum Gasteiger partial charge on any atom is -0.496 e. The molecular formula is C15H20N2O3S. The van der Waals surface area contributed by atoms with Crippen molar-refractivity contribution in [2.24, 2.45) is 0 Å². The number of amides is 2. The summed E-state index contributed by atoms with van der Waals surface area (Å²) in [5.41, 5.74) is 0.946. The Kier molecular flexibility index (Phi) is 5.50. The first-order chi connectivity index (χ1) is 10.1. The van der Waals surface area contributed by atoms with Gasteiger partial charge in [0.1, 0.15) is 5.75 Å². The summed E-state index contributed by atoms with van der Waals surface area (Å²) < 4.78 is 5.30. The lowest BCUT2D eigenvalue weighted by Crippen LogP contribution is -2.32. The van der Waals surface area contributed by atoms with E-state index in [9.17, 15) is 9.59 Å². The van der Waals surface area contributed by atoms with Crippen LogP contribution >= 0.6 is 11.8 Å². The van der Waals surface area contributed by atoms with Gasteiger partial charge in [0.15, 0.2) is 0 Å². The molecule has 2 rings (SSSR count). The van der Waals surface area contributed by atoms with E-state index in [0.717, 1.165) is 23.6 Å². The lowest BCUT2D eigenvalue weighted by atomic mass is 10.1. The molecule has 1 saturated heterocycles. The zero-order valence-corrected chi connectivity index (χ0v) is 13.1. The zero-order valence-electron chi connectivity index (χ0n) is 12.3. The highest BCUT2D eigenvalue weighted by molar-refractivity contribution is 8.13. The fourth-order valence-electron chi connectivity index (χ4n) is 2.28. The van der Waals surface area contributed by atoms with E-state index in [4.69, 9.17) is 4.74 Å². The first-order valence-electron chi connectivity index (χ1n) is 6.96. The molecule has 1 aliphatic rings. The number of nitrogens with zero attached hydrogens (tertiary/aromatic N) is 1. The number of nitrogens with one attached hydrogen (secondary N) is 1. The summed E-state index contributed by atoms with van der Waals surface area (Å²) in [7, 11) is 1.62. The van der Waals surface area contributed by atoms with Gasteiger partial charge >= 0.3 is 0 Å². The van der Waals surface area contributed by atoms with Crippen LogP contribution < -0.4 is 10.1 Å². The molecule has 1 aliphatic heterocycles. The maximum atomic E-state index is 12.0. The number of ether oxygens (including phenoxy) is 1. The average Bonchev–Trinajstić information content (AvgIpc) is 2.90. The number of para-hydroxylation sites is 1. The molecule has 5 nitrogen and oxygen atoms in total. The van der Waals surface area contributed by atoms with Gasteiger partial charge in [0.25, 0.3) is 5.24 Å². The van der Waals surface area contributed by atoms with Crippen molar-refractivity contribution < 1.29 is 14.3 Å². The predicted molar refractivity (Wildman–Crippen MR) is 83.6 cm³/mol. The molecule has 0 saturated carbocycles. The number of benzene rings is 1. The molecule has 0 radical (unpaired) electrons. The number of hydrogen-bond donors (Lipinski definition) is 1. The Labute approximate surface area is 129 Å². The SMILES string of the molecule is COc1ccccc1C(C)NC(=O)CCN1CCSC1=O. The molecule has 1 fully saturated rings. The number of hydrogen-bond acceptors (Lipinski definition) is 4. The van der Waals surface area contributed by atoms with E-state index in [1.54, 1.807) is 12.0 Å². The highest BCUT2D eigenvalue weighted by Gasteiger charge is 2.22. The van der Waals surface area contributed by atoms with Crippen LogP contribution in [0, 0.1) is 0 Å². The lowest BCUT2D eigenvalue weighted by molar-refractivity contribution is -0.121. The van der Waals surface area contributed by atoms with E-state index in [1.165, 1.54) is 11.8 Å². The highest BCUT2D eigenvalue weighted by atomic mass is 32.2. The van der Waals surface area contributed by atoms with Gasteiger partial charge in [-0.3, -0.25) is 9.59 Å². The maximum absolute atomic E-state index is 12.0. The zero-order chi connectivity index (χ0) is 15.2. The van der Waals surface area contributed by atoms with Crippen LogP contribution in [0.25, 0.3) is 0 Å². The molecule has 21 heavy (non-hydrogen) atoms. The summed E-state index contributed by atoms with van der Waals surface area (Å²) >= 11 is 1.31. The van der Waals surface area contributed by atoms with Crippen molar-refractivity contribution in [3.8, 4) is 5.75 Å². The van der Waals surface area contributed by atoms with Gasteiger partial charge in [-0.25, -0.2) is 0 Å². The first-order valence-corrected chi connectivity index (χ1v) is 7.94. The van der Waals surface area contributed by atoms with Crippen molar-refractivity contribution in [2.45, 2.75) is 19.4 Å². The monoisotopic (exact) mass is 308 g/mol. The summed E-state index contributed by atoms with van der Waals surface area (Å²) in [5, 5.41) is 3.02. The van der Waals surface area contributed by atoms with Gasteiger partial charge in [-0.1, -0.05) is 30.0 Å². The molecule has 1 atom stereocenters. The molecule has 6 heteroatoms. The summed E-state index contributed by atoms with van der Waals surface area (Å²) in [4.78, 5) is 25.2. The molecule has 2 amide bonds. The quantitative estimate of drug-likeness (QED) is 0.877. The number of methoxy groups -OCH3 is 1. The van der Waals surface area contributed by atoms with Gasteiger partial charge in [-0.05, 0) is 13.0 Å². The highest BCUT2D eigenvalue weighted by Crippen LogP contribution is 2.24. The van der Waals surface area contributed by atoms with Crippen LogP contribution in [-0.4, -0.2) is 42.0 Å². The van der Waals surface area contributed by atoms with Gasteiger partial charge < -0.3 is 15.0 Å². The van der Waals surface area contributed by atoms with Crippen molar-refractivity contribution in [3.63, 3.8) is 0 Å². The summed E-state index contributed by atoms with van der Waals surface area (Å²) in [6, 6.07) is 7.49. The first kappa shape index (κ1) is 15.7. The predicted octanol–water partition coefficient (Wildman–Crippen LogP) is 2.43. The fourth-order valence-corrected chi connectivity index (χ4v) is 3.13. The number of carbonyl (C=O) groups excluding carboxylic acids is 2. The molecule has 0 spiro atoms. The second-order valence-corrected chi connectivity index (χ2v) is 5.93. The average molecular weight is 308 g/mol. The second kappa shape index (κ2) is 7.36. The van der Waals surface area contributed by atoms with Gasteiger partial charge in [-0.2, -0.15) is 0 Å². The third-order valence-corrected chi connectivity index (χ3v) is 4.33. The lowest BCUT2D eigenvalue weighted by Gasteiger charge is -2.18. The van der Waals surface area contributed by atoms with E-state index >= 15 is 0 Å². The molecule has 1 heterocycles. The van der Waals surface area contributed by atoms with Crippen molar-refractivity contribution >= 4 is 22.9 Å². The van der Waals surface area contributed by atoms with E-state index in [1.807, 2.05) is 31.2 Å². The Morgan fingerprint density at radius 2 is 2.24 bits per heavy atom.